The van der Waals surface area contributed by atoms with Crippen molar-refractivity contribution in [1.29, 1.82) is 0 Å². The largest absolute Gasteiger partial charge is 0.479 e. The van der Waals surface area contributed by atoms with Crippen LogP contribution >= 0.6 is 0 Å². The zero-order valence-electron chi connectivity index (χ0n) is 17.9. The summed E-state index contributed by atoms with van der Waals surface area (Å²) >= 11 is 0. The van der Waals surface area contributed by atoms with Gasteiger partial charge < -0.3 is 14.4 Å². The Morgan fingerprint density at radius 3 is 2.40 bits per heavy atom. The smallest absolute Gasteiger partial charge is 0.339 e. The molecule has 30 heavy (non-hydrogen) atoms. The number of ether oxygens (including phenoxy) is 1. The maximum atomic E-state index is 13.1. The van der Waals surface area contributed by atoms with Gasteiger partial charge in [-0.1, -0.05) is 36.4 Å². The van der Waals surface area contributed by atoms with Gasteiger partial charge in [-0.2, -0.15) is 0 Å². The third-order valence-corrected chi connectivity index (χ3v) is 5.68. The fourth-order valence-electron chi connectivity index (χ4n) is 4.40. The van der Waals surface area contributed by atoms with E-state index < -0.39 is 17.7 Å². The Balaban J connectivity index is 2.09. The molecular formula is C25H27NO4. The first kappa shape index (κ1) is 20.4. The molecule has 0 saturated carbocycles. The van der Waals surface area contributed by atoms with Crippen molar-refractivity contribution in [3.8, 4) is 11.1 Å². The van der Waals surface area contributed by atoms with Crippen LogP contribution in [0.25, 0.3) is 21.9 Å². The Morgan fingerprint density at radius 2 is 1.73 bits per heavy atom. The van der Waals surface area contributed by atoms with Crippen molar-refractivity contribution in [3.05, 3.63) is 69.6 Å². The fraction of sp³-hybridized carbons (Fsp3) is 0.360. The van der Waals surface area contributed by atoms with E-state index in [4.69, 9.17) is 4.74 Å². The average molecular weight is 405 g/mol. The molecular weight excluding hydrogens is 378 g/mol. The van der Waals surface area contributed by atoms with Crippen molar-refractivity contribution in [2.24, 2.45) is 7.05 Å². The molecule has 4 rings (SSSR count). The lowest BCUT2D eigenvalue weighted by Gasteiger charge is -2.28. The van der Waals surface area contributed by atoms with Gasteiger partial charge in [0.25, 0.3) is 5.56 Å². The number of pyridine rings is 1. The number of aromatic nitrogens is 1. The summed E-state index contributed by atoms with van der Waals surface area (Å²) in [4.78, 5) is 25.4. The summed E-state index contributed by atoms with van der Waals surface area (Å²) in [5, 5.41) is 11.4. The molecule has 1 aliphatic rings. The van der Waals surface area contributed by atoms with Crippen LogP contribution in [0, 0.1) is 0 Å². The van der Waals surface area contributed by atoms with Crippen molar-refractivity contribution in [2.45, 2.75) is 51.7 Å². The second-order valence-electron chi connectivity index (χ2n) is 8.96. The Kier molecular flexibility index (Phi) is 5.02. The molecule has 1 atom stereocenters. The highest BCUT2D eigenvalue weighted by atomic mass is 16.5. The number of carboxylic acids is 1. The Labute approximate surface area is 175 Å². The van der Waals surface area contributed by atoms with Gasteiger partial charge in [0.05, 0.1) is 11.3 Å². The van der Waals surface area contributed by atoms with Crippen LogP contribution in [0.3, 0.4) is 0 Å². The summed E-state index contributed by atoms with van der Waals surface area (Å²) in [6, 6.07) is 13.7. The molecule has 2 aromatic carbocycles. The normalized spacial score (nSPS) is 14.7. The first-order chi connectivity index (χ1) is 14.2. The van der Waals surface area contributed by atoms with Crippen molar-refractivity contribution in [3.63, 3.8) is 0 Å². The van der Waals surface area contributed by atoms with Gasteiger partial charge >= 0.3 is 5.97 Å². The minimum Gasteiger partial charge on any atom is -0.479 e. The van der Waals surface area contributed by atoms with E-state index in [-0.39, 0.29) is 5.56 Å². The molecule has 1 unspecified atom stereocenters. The number of carboxylic acid groups (broad SMARTS) is 1. The fourth-order valence-corrected chi connectivity index (χ4v) is 4.40. The topological polar surface area (TPSA) is 68.5 Å². The summed E-state index contributed by atoms with van der Waals surface area (Å²) in [7, 11) is 1.63. The summed E-state index contributed by atoms with van der Waals surface area (Å²) in [5.74, 6) is -1.11. The minimum atomic E-state index is -1.27. The molecule has 0 saturated heterocycles. The second-order valence-corrected chi connectivity index (χ2v) is 8.96. The monoisotopic (exact) mass is 405 g/mol. The number of carbonyl (C=O) groups is 1. The van der Waals surface area contributed by atoms with Gasteiger partial charge in [-0.25, -0.2) is 4.79 Å². The van der Waals surface area contributed by atoms with Gasteiger partial charge in [0.15, 0.2) is 6.10 Å². The molecule has 1 aromatic heterocycles. The molecule has 1 aliphatic carbocycles. The lowest BCUT2D eigenvalue weighted by atomic mass is 9.92. The predicted octanol–water partition coefficient (Wildman–Crippen LogP) is 4.64. The van der Waals surface area contributed by atoms with Crippen LogP contribution < -0.4 is 5.56 Å². The highest BCUT2D eigenvalue weighted by Crippen LogP contribution is 2.38. The molecule has 1 N–H and O–H groups in total. The summed E-state index contributed by atoms with van der Waals surface area (Å²) in [6.07, 6.45) is 1.95. The van der Waals surface area contributed by atoms with E-state index in [0.717, 1.165) is 35.8 Å². The van der Waals surface area contributed by atoms with Crippen molar-refractivity contribution in [2.75, 3.05) is 0 Å². The molecule has 156 valence electrons. The van der Waals surface area contributed by atoms with E-state index in [1.807, 2.05) is 45.0 Å². The van der Waals surface area contributed by atoms with E-state index in [2.05, 4.69) is 12.1 Å². The van der Waals surface area contributed by atoms with E-state index in [9.17, 15) is 14.7 Å². The highest BCUT2D eigenvalue weighted by molar-refractivity contribution is 5.99. The van der Waals surface area contributed by atoms with Crippen LogP contribution in [-0.4, -0.2) is 21.2 Å². The summed E-state index contributed by atoms with van der Waals surface area (Å²) in [6.45, 7) is 5.45. The van der Waals surface area contributed by atoms with E-state index >= 15 is 0 Å². The van der Waals surface area contributed by atoms with Crippen LogP contribution in [0.15, 0.2) is 47.3 Å². The van der Waals surface area contributed by atoms with Crippen molar-refractivity contribution < 1.29 is 14.6 Å². The van der Waals surface area contributed by atoms with Gasteiger partial charge in [-0.05, 0) is 68.2 Å². The van der Waals surface area contributed by atoms with Gasteiger partial charge in [0, 0.05) is 18.0 Å². The van der Waals surface area contributed by atoms with Crippen LogP contribution in [0.4, 0.5) is 0 Å². The Morgan fingerprint density at radius 1 is 1.07 bits per heavy atom. The molecule has 0 radical (unpaired) electrons. The summed E-state index contributed by atoms with van der Waals surface area (Å²) in [5.41, 5.74) is 3.75. The number of hydrogen-bond donors (Lipinski definition) is 1. The highest BCUT2D eigenvalue weighted by Gasteiger charge is 2.33. The third kappa shape index (κ3) is 3.54. The number of aliphatic carboxylic acids is 1. The molecule has 5 heteroatoms. The maximum absolute atomic E-state index is 13.1. The van der Waals surface area contributed by atoms with Crippen molar-refractivity contribution in [1.82, 2.24) is 4.57 Å². The zero-order valence-corrected chi connectivity index (χ0v) is 17.9. The van der Waals surface area contributed by atoms with E-state index in [1.165, 1.54) is 15.7 Å². The average Bonchev–Trinajstić information content (AvgIpc) is 3.16. The lowest BCUT2D eigenvalue weighted by Crippen LogP contribution is -2.32. The minimum absolute atomic E-state index is 0.228. The third-order valence-electron chi connectivity index (χ3n) is 5.68. The number of fused-ring (bicyclic) bond motifs is 2. The first-order valence-corrected chi connectivity index (χ1v) is 10.3. The molecule has 0 fully saturated rings. The second kappa shape index (κ2) is 7.40. The number of rotatable bonds is 4. The molecule has 0 amide bonds. The van der Waals surface area contributed by atoms with Crippen LogP contribution in [0.5, 0.6) is 0 Å². The summed E-state index contributed by atoms with van der Waals surface area (Å²) < 4.78 is 7.41. The van der Waals surface area contributed by atoms with E-state index in [1.54, 1.807) is 13.1 Å². The first-order valence-electron chi connectivity index (χ1n) is 10.3. The van der Waals surface area contributed by atoms with Gasteiger partial charge in [-0.3, -0.25) is 4.79 Å². The molecule has 0 bridgehead atoms. The number of benzene rings is 2. The molecule has 5 nitrogen and oxygen atoms in total. The predicted molar refractivity (Wildman–Crippen MR) is 118 cm³/mol. The van der Waals surface area contributed by atoms with Crippen LogP contribution in [0.1, 0.15) is 50.1 Å². The molecule has 0 aliphatic heterocycles. The zero-order chi connectivity index (χ0) is 21.6. The van der Waals surface area contributed by atoms with E-state index in [0.29, 0.717) is 11.1 Å². The van der Waals surface area contributed by atoms with Crippen molar-refractivity contribution >= 4 is 16.7 Å². The van der Waals surface area contributed by atoms with Gasteiger partial charge in [0.2, 0.25) is 0 Å². The molecule has 0 spiro atoms. The van der Waals surface area contributed by atoms with Crippen LogP contribution in [0.2, 0.25) is 0 Å². The van der Waals surface area contributed by atoms with Gasteiger partial charge in [-0.15, -0.1) is 0 Å². The molecule has 1 heterocycles. The lowest BCUT2D eigenvalue weighted by molar-refractivity contribution is -0.161. The maximum Gasteiger partial charge on any atom is 0.339 e. The quantitative estimate of drug-likeness (QED) is 0.687. The number of hydrogen-bond acceptors (Lipinski definition) is 3. The molecule has 3 aromatic rings. The van der Waals surface area contributed by atoms with Gasteiger partial charge in [0.1, 0.15) is 0 Å². The Hall–Kier alpha value is -2.92. The number of nitrogens with zero attached hydrogens (tertiary/aromatic N) is 1. The standard InChI is InChI=1S/C25H27NO4/c1-25(2,3)30-22(24(28)29)21-20(17-13-12-15-8-7-9-16(15)14-17)18-10-5-6-11-19(18)23(27)26(21)4/h5-6,10-14,22H,7-9H2,1-4H3,(H,28,29). The SMILES string of the molecule is Cn1c(C(OC(C)(C)C)C(=O)O)c(-c2ccc3c(c2)CCC3)c2ccccc2c1=O. The number of aryl methyl sites for hydroxylation is 2. The van der Waals surface area contributed by atoms with Crippen LogP contribution in [-0.2, 0) is 29.4 Å². The Bertz CT molecular complexity index is 1200.